The van der Waals surface area contributed by atoms with Gasteiger partial charge in [0.25, 0.3) is 5.91 Å². The van der Waals surface area contributed by atoms with Gasteiger partial charge in [0, 0.05) is 44.7 Å². The van der Waals surface area contributed by atoms with Crippen molar-refractivity contribution in [1.82, 2.24) is 4.90 Å². The SMILES string of the molecule is Cc1cccc(N2CCN(C(=O)C[NH+]3CCC[C@H]3c3cccs3)CC2)c1C. The van der Waals surface area contributed by atoms with Crippen LogP contribution < -0.4 is 9.80 Å². The quantitative estimate of drug-likeness (QED) is 0.877. The van der Waals surface area contributed by atoms with Crippen molar-refractivity contribution in [3.05, 3.63) is 51.7 Å². The minimum absolute atomic E-state index is 0.328. The molecule has 0 saturated carbocycles. The van der Waals surface area contributed by atoms with E-state index in [1.54, 1.807) is 0 Å². The zero-order valence-electron chi connectivity index (χ0n) is 16.4. The third kappa shape index (κ3) is 3.90. The Morgan fingerprint density at radius 3 is 2.70 bits per heavy atom. The Morgan fingerprint density at radius 1 is 1.15 bits per heavy atom. The zero-order chi connectivity index (χ0) is 18.8. The van der Waals surface area contributed by atoms with Crippen LogP contribution in [0.5, 0.6) is 0 Å². The van der Waals surface area contributed by atoms with Gasteiger partial charge in [-0.1, -0.05) is 18.2 Å². The predicted octanol–water partition coefficient (Wildman–Crippen LogP) is 2.43. The summed E-state index contributed by atoms with van der Waals surface area (Å²) in [5.41, 5.74) is 4.02. The van der Waals surface area contributed by atoms with Crippen LogP contribution in [0, 0.1) is 13.8 Å². The monoisotopic (exact) mass is 384 g/mol. The van der Waals surface area contributed by atoms with Gasteiger partial charge >= 0.3 is 0 Å². The van der Waals surface area contributed by atoms with Gasteiger partial charge in [0.2, 0.25) is 0 Å². The number of benzene rings is 1. The van der Waals surface area contributed by atoms with Gasteiger partial charge < -0.3 is 14.7 Å². The summed E-state index contributed by atoms with van der Waals surface area (Å²) in [5.74, 6) is 0.328. The second-order valence-electron chi connectivity index (χ2n) is 7.88. The van der Waals surface area contributed by atoms with Crippen LogP contribution in [0.2, 0.25) is 0 Å². The van der Waals surface area contributed by atoms with Gasteiger partial charge in [-0.25, -0.2) is 0 Å². The molecule has 0 aliphatic carbocycles. The summed E-state index contributed by atoms with van der Waals surface area (Å²) < 4.78 is 0. The molecule has 144 valence electrons. The van der Waals surface area contributed by atoms with E-state index < -0.39 is 0 Å². The molecule has 1 N–H and O–H groups in total. The van der Waals surface area contributed by atoms with Gasteiger partial charge in [-0.3, -0.25) is 4.79 Å². The number of quaternary nitrogens is 1. The van der Waals surface area contributed by atoms with Crippen molar-refractivity contribution in [1.29, 1.82) is 0 Å². The maximum atomic E-state index is 12.9. The Hall–Kier alpha value is -1.85. The molecule has 2 aliphatic rings. The van der Waals surface area contributed by atoms with Gasteiger partial charge in [0.1, 0.15) is 6.04 Å². The Bertz CT molecular complexity index is 781. The van der Waals surface area contributed by atoms with Crippen molar-refractivity contribution in [2.45, 2.75) is 32.7 Å². The fourth-order valence-electron chi connectivity index (χ4n) is 4.54. The molecular weight excluding hydrogens is 354 g/mol. The molecule has 2 aliphatic heterocycles. The first kappa shape index (κ1) is 18.5. The second-order valence-corrected chi connectivity index (χ2v) is 8.86. The highest BCUT2D eigenvalue weighted by Gasteiger charge is 2.34. The van der Waals surface area contributed by atoms with Gasteiger partial charge in [0.15, 0.2) is 6.54 Å². The first-order valence-corrected chi connectivity index (χ1v) is 11.0. The van der Waals surface area contributed by atoms with Crippen LogP contribution in [0.1, 0.15) is 34.9 Å². The summed E-state index contributed by atoms with van der Waals surface area (Å²) in [6.45, 7) is 9.67. The van der Waals surface area contributed by atoms with Crippen LogP contribution in [0.15, 0.2) is 35.7 Å². The number of rotatable bonds is 4. The molecule has 1 amide bonds. The average molecular weight is 385 g/mol. The maximum Gasteiger partial charge on any atom is 0.277 e. The summed E-state index contributed by atoms with van der Waals surface area (Å²) in [7, 11) is 0. The Balaban J connectivity index is 1.34. The lowest BCUT2D eigenvalue weighted by Crippen LogP contribution is -3.11. The minimum atomic E-state index is 0.328. The van der Waals surface area contributed by atoms with Crippen LogP contribution in [0.3, 0.4) is 0 Å². The summed E-state index contributed by atoms with van der Waals surface area (Å²) in [4.78, 5) is 20.3. The molecule has 2 fully saturated rings. The lowest BCUT2D eigenvalue weighted by molar-refractivity contribution is -0.910. The molecular formula is C22H30N3OS+. The number of carbonyl (C=O) groups excluding carboxylic acids is 1. The Morgan fingerprint density at radius 2 is 1.96 bits per heavy atom. The van der Waals surface area contributed by atoms with Crippen molar-refractivity contribution in [2.75, 3.05) is 44.2 Å². The summed E-state index contributed by atoms with van der Waals surface area (Å²) in [6.07, 6.45) is 2.44. The summed E-state index contributed by atoms with van der Waals surface area (Å²) in [5, 5.41) is 2.15. The van der Waals surface area contributed by atoms with Gasteiger partial charge in [-0.05, 0) is 42.5 Å². The smallest absolute Gasteiger partial charge is 0.277 e. The number of amides is 1. The predicted molar refractivity (Wildman–Crippen MR) is 112 cm³/mol. The Labute approximate surface area is 166 Å². The van der Waals surface area contributed by atoms with E-state index in [-0.39, 0.29) is 0 Å². The van der Waals surface area contributed by atoms with Crippen molar-refractivity contribution in [2.24, 2.45) is 0 Å². The van der Waals surface area contributed by atoms with E-state index in [2.05, 4.69) is 59.4 Å². The van der Waals surface area contributed by atoms with Crippen LogP contribution >= 0.6 is 11.3 Å². The molecule has 2 saturated heterocycles. The van der Waals surface area contributed by atoms with Gasteiger partial charge in [-0.15, -0.1) is 11.3 Å². The van der Waals surface area contributed by atoms with E-state index in [1.807, 2.05) is 11.3 Å². The number of thiophene rings is 1. The molecule has 4 rings (SSSR count). The highest BCUT2D eigenvalue weighted by molar-refractivity contribution is 7.10. The number of hydrogen-bond donors (Lipinski definition) is 1. The van der Waals surface area contributed by atoms with E-state index in [9.17, 15) is 4.79 Å². The van der Waals surface area contributed by atoms with E-state index >= 15 is 0 Å². The molecule has 5 heteroatoms. The highest BCUT2D eigenvalue weighted by atomic mass is 32.1. The molecule has 0 spiro atoms. The molecule has 1 aromatic heterocycles. The largest absolute Gasteiger partial charge is 0.368 e. The topological polar surface area (TPSA) is 28.0 Å². The average Bonchev–Trinajstić information content (AvgIpc) is 3.35. The number of nitrogens with one attached hydrogen (secondary N) is 1. The van der Waals surface area contributed by atoms with Crippen LogP contribution in [-0.2, 0) is 4.79 Å². The number of nitrogens with zero attached hydrogens (tertiary/aromatic N) is 2. The third-order valence-electron chi connectivity index (χ3n) is 6.30. The number of carbonyl (C=O) groups is 1. The van der Waals surface area contributed by atoms with E-state index in [0.717, 1.165) is 32.7 Å². The first-order chi connectivity index (χ1) is 13.1. The van der Waals surface area contributed by atoms with Crippen molar-refractivity contribution < 1.29 is 9.69 Å². The standard InChI is InChI=1S/C22H29N3OS/c1-17-6-3-7-19(18(17)2)23-11-13-24(14-12-23)22(26)16-25-10-4-8-20(25)21-9-5-15-27-21/h3,5-7,9,15,20H,4,8,10-14,16H2,1-2H3/p+1/t20-/m0/s1. The molecule has 1 aromatic carbocycles. The molecule has 3 heterocycles. The molecule has 2 aromatic rings. The fraction of sp³-hybridized carbons (Fsp3) is 0.500. The third-order valence-corrected chi connectivity index (χ3v) is 7.28. The number of likely N-dealkylation sites (tertiary alicyclic amines) is 1. The number of aryl methyl sites for hydroxylation is 1. The number of anilines is 1. The van der Waals surface area contributed by atoms with E-state index in [0.29, 0.717) is 18.5 Å². The van der Waals surface area contributed by atoms with E-state index in [4.69, 9.17) is 0 Å². The second kappa shape index (κ2) is 8.03. The number of hydrogen-bond acceptors (Lipinski definition) is 3. The lowest BCUT2D eigenvalue weighted by Gasteiger charge is -2.37. The Kier molecular flexibility index (Phi) is 5.50. The van der Waals surface area contributed by atoms with Crippen molar-refractivity contribution >= 4 is 22.9 Å². The molecule has 27 heavy (non-hydrogen) atoms. The van der Waals surface area contributed by atoms with Crippen LogP contribution in [0.4, 0.5) is 5.69 Å². The highest BCUT2D eigenvalue weighted by Crippen LogP contribution is 2.25. The summed E-state index contributed by atoms with van der Waals surface area (Å²) in [6, 6.07) is 11.4. The fourth-order valence-corrected chi connectivity index (χ4v) is 5.46. The zero-order valence-corrected chi connectivity index (χ0v) is 17.2. The minimum Gasteiger partial charge on any atom is -0.368 e. The normalized spacial score (nSPS) is 23.0. The molecule has 2 atom stereocenters. The van der Waals surface area contributed by atoms with Crippen LogP contribution in [0.25, 0.3) is 0 Å². The van der Waals surface area contributed by atoms with Crippen LogP contribution in [-0.4, -0.2) is 50.1 Å². The molecule has 0 radical (unpaired) electrons. The van der Waals surface area contributed by atoms with Crippen molar-refractivity contribution in [3.63, 3.8) is 0 Å². The first-order valence-electron chi connectivity index (χ1n) is 10.1. The van der Waals surface area contributed by atoms with Gasteiger partial charge in [-0.2, -0.15) is 0 Å². The summed E-state index contributed by atoms with van der Waals surface area (Å²) >= 11 is 1.83. The number of piperazine rings is 1. The molecule has 4 nitrogen and oxygen atoms in total. The maximum absolute atomic E-state index is 12.9. The van der Waals surface area contributed by atoms with E-state index in [1.165, 1.54) is 39.4 Å². The molecule has 1 unspecified atom stereocenters. The van der Waals surface area contributed by atoms with Crippen molar-refractivity contribution in [3.8, 4) is 0 Å². The van der Waals surface area contributed by atoms with Gasteiger partial charge in [0.05, 0.1) is 11.4 Å². The lowest BCUT2D eigenvalue weighted by atomic mass is 10.1. The molecule has 0 bridgehead atoms.